The van der Waals surface area contributed by atoms with Gasteiger partial charge in [-0.2, -0.15) is 0 Å². The number of aromatic nitrogens is 2. The molecule has 110 valence electrons. The molecule has 0 spiro atoms. The van der Waals surface area contributed by atoms with Gasteiger partial charge in [0.1, 0.15) is 0 Å². The van der Waals surface area contributed by atoms with Gasteiger partial charge < -0.3 is 20.1 Å². The molecule has 21 heavy (non-hydrogen) atoms. The highest BCUT2D eigenvalue weighted by Crippen LogP contribution is 2.32. The second-order valence-electron chi connectivity index (χ2n) is 4.31. The molecule has 0 aliphatic carbocycles. The van der Waals surface area contributed by atoms with E-state index in [0.717, 1.165) is 17.9 Å². The van der Waals surface area contributed by atoms with Gasteiger partial charge in [-0.05, 0) is 24.6 Å². The summed E-state index contributed by atoms with van der Waals surface area (Å²) < 4.78 is 10.5. The Kier molecular flexibility index (Phi) is 3.87. The summed E-state index contributed by atoms with van der Waals surface area (Å²) in [6.45, 7) is 3.34. The summed E-state index contributed by atoms with van der Waals surface area (Å²) in [7, 11) is 0. The molecule has 1 aliphatic heterocycles. The average Bonchev–Trinajstić information content (AvgIpc) is 3.13. The van der Waals surface area contributed by atoms with Crippen LogP contribution >= 0.6 is 11.3 Å². The molecule has 1 amide bonds. The van der Waals surface area contributed by atoms with Crippen molar-refractivity contribution in [2.24, 2.45) is 0 Å². The molecule has 0 radical (unpaired) electrons. The van der Waals surface area contributed by atoms with Crippen LogP contribution in [-0.4, -0.2) is 29.4 Å². The van der Waals surface area contributed by atoms with Gasteiger partial charge >= 0.3 is 0 Å². The largest absolute Gasteiger partial charge is 0.454 e. The smallest absolute Gasteiger partial charge is 0.282 e. The number of rotatable bonds is 5. The van der Waals surface area contributed by atoms with Crippen LogP contribution in [-0.2, 0) is 6.54 Å². The SMILES string of the molecule is CCNc1nnc(C(=O)NCc2ccc3c(c2)OCO3)s1. The molecule has 1 aromatic carbocycles. The topological polar surface area (TPSA) is 85.4 Å². The fraction of sp³-hybridized carbons (Fsp3) is 0.308. The van der Waals surface area contributed by atoms with E-state index in [-0.39, 0.29) is 12.7 Å². The maximum Gasteiger partial charge on any atom is 0.282 e. The van der Waals surface area contributed by atoms with Gasteiger partial charge in [0, 0.05) is 13.1 Å². The minimum atomic E-state index is -0.241. The summed E-state index contributed by atoms with van der Waals surface area (Å²) in [4.78, 5) is 12.0. The molecule has 0 atom stereocenters. The first-order valence-corrected chi connectivity index (χ1v) is 7.32. The molecule has 0 saturated heterocycles. The van der Waals surface area contributed by atoms with Crippen molar-refractivity contribution in [3.63, 3.8) is 0 Å². The summed E-state index contributed by atoms with van der Waals surface area (Å²) in [6, 6.07) is 5.57. The minimum Gasteiger partial charge on any atom is -0.454 e. The normalized spacial score (nSPS) is 12.2. The van der Waals surface area contributed by atoms with Crippen molar-refractivity contribution >= 4 is 22.4 Å². The molecular weight excluding hydrogens is 292 g/mol. The fourth-order valence-corrected chi connectivity index (χ4v) is 2.57. The van der Waals surface area contributed by atoms with E-state index >= 15 is 0 Å². The highest BCUT2D eigenvalue weighted by molar-refractivity contribution is 7.17. The lowest BCUT2D eigenvalue weighted by Gasteiger charge is -2.04. The molecule has 2 heterocycles. The van der Waals surface area contributed by atoms with Gasteiger partial charge in [0.05, 0.1) is 0 Å². The van der Waals surface area contributed by atoms with E-state index in [9.17, 15) is 4.79 Å². The van der Waals surface area contributed by atoms with Gasteiger partial charge in [-0.25, -0.2) is 0 Å². The van der Waals surface area contributed by atoms with Crippen molar-refractivity contribution in [2.75, 3.05) is 18.7 Å². The first-order chi connectivity index (χ1) is 10.3. The van der Waals surface area contributed by atoms with Crippen molar-refractivity contribution < 1.29 is 14.3 Å². The molecule has 3 rings (SSSR count). The number of nitrogens with one attached hydrogen (secondary N) is 2. The predicted octanol–water partition coefficient (Wildman–Crippen LogP) is 1.63. The van der Waals surface area contributed by atoms with Crippen LogP contribution in [0.2, 0.25) is 0 Å². The van der Waals surface area contributed by atoms with Crippen LogP contribution in [0.15, 0.2) is 18.2 Å². The van der Waals surface area contributed by atoms with E-state index in [1.54, 1.807) is 0 Å². The van der Waals surface area contributed by atoms with E-state index < -0.39 is 0 Å². The molecule has 0 bridgehead atoms. The lowest BCUT2D eigenvalue weighted by Crippen LogP contribution is -2.22. The van der Waals surface area contributed by atoms with Crippen molar-refractivity contribution in [1.82, 2.24) is 15.5 Å². The van der Waals surface area contributed by atoms with Crippen molar-refractivity contribution in [3.8, 4) is 11.5 Å². The molecule has 1 aliphatic rings. The molecule has 2 N–H and O–H groups in total. The molecule has 8 heteroatoms. The molecule has 0 fully saturated rings. The lowest BCUT2D eigenvalue weighted by atomic mass is 10.2. The summed E-state index contributed by atoms with van der Waals surface area (Å²) >= 11 is 1.23. The lowest BCUT2D eigenvalue weighted by molar-refractivity contribution is 0.0949. The van der Waals surface area contributed by atoms with Gasteiger partial charge in [0.15, 0.2) is 11.5 Å². The zero-order valence-corrected chi connectivity index (χ0v) is 12.2. The van der Waals surface area contributed by atoms with Gasteiger partial charge in [0.2, 0.25) is 16.9 Å². The Bertz CT molecular complexity index is 659. The summed E-state index contributed by atoms with van der Waals surface area (Å²) in [5, 5.41) is 14.6. The van der Waals surface area contributed by atoms with Gasteiger partial charge in [0.25, 0.3) is 5.91 Å². The molecule has 7 nitrogen and oxygen atoms in total. The number of benzene rings is 1. The Morgan fingerprint density at radius 3 is 3.05 bits per heavy atom. The Morgan fingerprint density at radius 1 is 1.33 bits per heavy atom. The standard InChI is InChI=1S/C13H14N4O3S/c1-2-14-13-17-16-12(21-13)11(18)15-6-8-3-4-9-10(5-8)20-7-19-9/h3-5H,2,6-7H2,1H3,(H,14,17)(H,15,18). The number of carbonyl (C=O) groups is 1. The predicted molar refractivity (Wildman–Crippen MR) is 77.8 cm³/mol. The number of ether oxygens (including phenoxy) is 2. The van der Waals surface area contributed by atoms with Crippen LogP contribution in [0.1, 0.15) is 22.3 Å². The first-order valence-electron chi connectivity index (χ1n) is 6.50. The van der Waals surface area contributed by atoms with Crippen LogP contribution in [0.5, 0.6) is 11.5 Å². The van der Waals surface area contributed by atoms with Gasteiger partial charge in [-0.15, -0.1) is 10.2 Å². The second kappa shape index (κ2) is 5.96. The van der Waals surface area contributed by atoms with E-state index in [1.807, 2.05) is 25.1 Å². The molecular formula is C13H14N4O3S. The number of amides is 1. The Balaban J connectivity index is 1.60. The van der Waals surface area contributed by atoms with Crippen LogP contribution in [0, 0.1) is 0 Å². The molecule has 1 aromatic heterocycles. The number of fused-ring (bicyclic) bond motifs is 1. The quantitative estimate of drug-likeness (QED) is 0.873. The maximum atomic E-state index is 12.0. The van der Waals surface area contributed by atoms with Crippen molar-refractivity contribution in [2.45, 2.75) is 13.5 Å². The maximum absolute atomic E-state index is 12.0. The Hall–Kier alpha value is -2.35. The molecule has 0 saturated carbocycles. The van der Waals surface area contributed by atoms with Crippen LogP contribution in [0.4, 0.5) is 5.13 Å². The summed E-state index contributed by atoms with van der Waals surface area (Å²) in [5.41, 5.74) is 0.934. The third-order valence-electron chi connectivity index (χ3n) is 2.84. The first kappa shape index (κ1) is 13.6. The number of nitrogens with zero attached hydrogens (tertiary/aromatic N) is 2. The number of hydrogen-bond donors (Lipinski definition) is 2. The second-order valence-corrected chi connectivity index (χ2v) is 5.29. The van der Waals surface area contributed by atoms with E-state index in [1.165, 1.54) is 11.3 Å². The summed E-state index contributed by atoms with van der Waals surface area (Å²) in [6.07, 6.45) is 0. The Morgan fingerprint density at radius 2 is 2.19 bits per heavy atom. The van der Waals surface area contributed by atoms with Crippen LogP contribution in [0.25, 0.3) is 0 Å². The highest BCUT2D eigenvalue weighted by Gasteiger charge is 2.15. The Labute approximate surface area is 125 Å². The average molecular weight is 306 g/mol. The zero-order valence-electron chi connectivity index (χ0n) is 11.4. The highest BCUT2D eigenvalue weighted by atomic mass is 32.1. The minimum absolute atomic E-state index is 0.239. The molecule has 2 aromatic rings. The van der Waals surface area contributed by atoms with Crippen molar-refractivity contribution in [1.29, 1.82) is 0 Å². The summed E-state index contributed by atoms with van der Waals surface area (Å²) in [5.74, 6) is 1.19. The van der Waals surface area contributed by atoms with Crippen LogP contribution in [0.3, 0.4) is 0 Å². The fourth-order valence-electron chi connectivity index (χ4n) is 1.85. The van der Waals surface area contributed by atoms with Crippen molar-refractivity contribution in [3.05, 3.63) is 28.8 Å². The third-order valence-corrected chi connectivity index (χ3v) is 3.72. The van der Waals surface area contributed by atoms with E-state index in [2.05, 4.69) is 20.8 Å². The van der Waals surface area contributed by atoms with Gasteiger partial charge in [-0.1, -0.05) is 17.4 Å². The third kappa shape index (κ3) is 3.05. The molecule has 0 unspecified atom stereocenters. The zero-order chi connectivity index (χ0) is 14.7. The van der Waals surface area contributed by atoms with Crippen LogP contribution < -0.4 is 20.1 Å². The number of anilines is 1. The number of carbonyl (C=O) groups excluding carboxylic acids is 1. The number of hydrogen-bond acceptors (Lipinski definition) is 7. The van der Waals surface area contributed by atoms with Gasteiger partial charge in [-0.3, -0.25) is 4.79 Å². The monoisotopic (exact) mass is 306 g/mol. The van der Waals surface area contributed by atoms with E-state index in [4.69, 9.17) is 9.47 Å². The van der Waals surface area contributed by atoms with E-state index in [0.29, 0.717) is 22.4 Å².